The number of hydrogen-bond donors (Lipinski definition) is 0. The van der Waals surface area contributed by atoms with Crippen molar-refractivity contribution in [3.05, 3.63) is 99.9 Å². The third-order valence-corrected chi connectivity index (χ3v) is 5.84. The number of fused-ring (bicyclic) bond motifs is 3. The molecule has 1 aromatic heterocycles. The summed E-state index contributed by atoms with van der Waals surface area (Å²) in [4.78, 5) is 25.1. The molecule has 1 aliphatic heterocycles. The number of para-hydroxylation sites is 1. The lowest BCUT2D eigenvalue weighted by Crippen LogP contribution is -2.26. The monoisotopic (exact) mass is 442 g/mol. The van der Waals surface area contributed by atoms with Crippen molar-refractivity contribution in [2.24, 2.45) is 0 Å². The zero-order valence-corrected chi connectivity index (χ0v) is 18.1. The normalized spacial score (nSPS) is 15.1. The van der Waals surface area contributed by atoms with Gasteiger partial charge in [-0.2, -0.15) is 0 Å². The van der Waals surface area contributed by atoms with Crippen molar-refractivity contribution in [3.8, 4) is 17.2 Å². The number of methoxy groups -OCH3 is 1. The number of esters is 1. The third kappa shape index (κ3) is 4.20. The van der Waals surface area contributed by atoms with Crippen LogP contribution < -0.4 is 19.8 Å². The molecule has 6 nitrogen and oxygen atoms in total. The van der Waals surface area contributed by atoms with Gasteiger partial charge in [0, 0.05) is 12.3 Å². The lowest BCUT2D eigenvalue weighted by Gasteiger charge is -2.24. The smallest absolute Gasteiger partial charge is 0.343 e. The van der Waals surface area contributed by atoms with Crippen LogP contribution in [0.1, 0.15) is 29.0 Å². The number of benzene rings is 3. The minimum atomic E-state index is -0.485. The maximum absolute atomic E-state index is 12.8. The van der Waals surface area contributed by atoms with Crippen LogP contribution in [0.2, 0.25) is 0 Å². The van der Waals surface area contributed by atoms with E-state index in [0.717, 1.165) is 29.0 Å². The van der Waals surface area contributed by atoms with Gasteiger partial charge in [0.1, 0.15) is 17.1 Å². The summed E-state index contributed by atoms with van der Waals surface area (Å²) >= 11 is 0. The van der Waals surface area contributed by atoms with Crippen LogP contribution in [-0.2, 0) is 11.2 Å². The molecule has 0 spiro atoms. The molecule has 3 aromatic carbocycles. The maximum atomic E-state index is 12.8. The summed E-state index contributed by atoms with van der Waals surface area (Å²) < 4.78 is 22.0. The molecule has 0 saturated carbocycles. The first-order chi connectivity index (χ1) is 16.1. The minimum Gasteiger partial charge on any atom is -0.497 e. The Kier molecular flexibility index (Phi) is 5.57. The Morgan fingerprint density at radius 1 is 0.909 bits per heavy atom. The molecule has 0 fully saturated rings. The van der Waals surface area contributed by atoms with E-state index in [1.54, 1.807) is 25.3 Å². The predicted octanol–water partition coefficient (Wildman–Crippen LogP) is 4.86. The van der Waals surface area contributed by atoms with Gasteiger partial charge >= 0.3 is 11.6 Å². The molecule has 4 aromatic rings. The zero-order chi connectivity index (χ0) is 22.8. The van der Waals surface area contributed by atoms with Crippen molar-refractivity contribution in [1.82, 2.24) is 0 Å². The summed E-state index contributed by atoms with van der Waals surface area (Å²) in [5.74, 6) is 1.03. The van der Waals surface area contributed by atoms with Gasteiger partial charge in [-0.05, 0) is 47.5 Å². The summed E-state index contributed by atoms with van der Waals surface area (Å²) in [7, 11) is 1.64. The maximum Gasteiger partial charge on any atom is 0.343 e. The molecular formula is C27H22O6. The van der Waals surface area contributed by atoms with E-state index in [0.29, 0.717) is 28.9 Å². The van der Waals surface area contributed by atoms with Crippen LogP contribution in [0.15, 0.2) is 82.0 Å². The Hall–Kier alpha value is -4.06. The first-order valence-corrected chi connectivity index (χ1v) is 10.7. The fraction of sp³-hybridized carbons (Fsp3) is 0.185. The first-order valence-electron chi connectivity index (χ1n) is 10.7. The number of carbonyl (C=O) groups is 1. The lowest BCUT2D eigenvalue weighted by atomic mass is 9.86. The van der Waals surface area contributed by atoms with Crippen LogP contribution in [0, 0.1) is 0 Å². The average Bonchev–Trinajstić information content (AvgIpc) is 2.84. The molecule has 6 heteroatoms. The van der Waals surface area contributed by atoms with Gasteiger partial charge in [0.05, 0.1) is 31.1 Å². The van der Waals surface area contributed by atoms with Crippen molar-refractivity contribution < 1.29 is 23.4 Å². The Bertz CT molecular complexity index is 1350. The molecule has 1 atom stereocenters. The summed E-state index contributed by atoms with van der Waals surface area (Å²) in [6.07, 6.45) is 0.843. The van der Waals surface area contributed by atoms with E-state index in [2.05, 4.69) is 0 Å². The lowest BCUT2D eigenvalue weighted by molar-refractivity contribution is -0.135. The molecule has 2 heterocycles. The standard InChI is InChI=1S/C27H22O6/c1-30-19-10-6-17(7-11-19)14-15-31-20-12-8-18(9-13-20)22-16-24(28)33-26-21-4-2-3-5-23(21)32-27(29)25(22)26/h2-13,22H,14-16H2,1H3/t22-/m1/s1. The summed E-state index contributed by atoms with van der Waals surface area (Å²) in [5, 5.41) is 0.614. The Balaban J connectivity index is 1.35. The van der Waals surface area contributed by atoms with Gasteiger partial charge in [0.15, 0.2) is 5.75 Å². The van der Waals surface area contributed by atoms with Crippen molar-refractivity contribution in [3.63, 3.8) is 0 Å². The average molecular weight is 442 g/mol. The van der Waals surface area contributed by atoms with Crippen molar-refractivity contribution >= 4 is 16.9 Å². The predicted molar refractivity (Wildman–Crippen MR) is 123 cm³/mol. The zero-order valence-electron chi connectivity index (χ0n) is 18.1. The minimum absolute atomic E-state index is 0.0772. The third-order valence-electron chi connectivity index (χ3n) is 5.84. The van der Waals surface area contributed by atoms with Crippen molar-refractivity contribution in [1.29, 1.82) is 0 Å². The molecule has 166 valence electrons. The second kappa shape index (κ2) is 8.82. The van der Waals surface area contributed by atoms with E-state index in [1.165, 1.54) is 0 Å². The van der Waals surface area contributed by atoms with Gasteiger partial charge in [-0.25, -0.2) is 4.79 Å². The van der Waals surface area contributed by atoms with Gasteiger partial charge < -0.3 is 18.6 Å². The van der Waals surface area contributed by atoms with Crippen molar-refractivity contribution in [2.75, 3.05) is 13.7 Å². The van der Waals surface area contributed by atoms with Crippen LogP contribution in [0.4, 0.5) is 0 Å². The topological polar surface area (TPSA) is 75.0 Å². The van der Waals surface area contributed by atoms with E-state index >= 15 is 0 Å². The molecule has 0 saturated heterocycles. The van der Waals surface area contributed by atoms with Gasteiger partial charge in [0.25, 0.3) is 0 Å². The van der Waals surface area contributed by atoms with Crippen LogP contribution in [0.5, 0.6) is 17.2 Å². The largest absolute Gasteiger partial charge is 0.497 e. The van der Waals surface area contributed by atoms with E-state index in [4.69, 9.17) is 18.6 Å². The fourth-order valence-corrected chi connectivity index (χ4v) is 4.13. The fourth-order valence-electron chi connectivity index (χ4n) is 4.13. The first kappa shape index (κ1) is 20.8. The van der Waals surface area contributed by atoms with Gasteiger partial charge in [-0.15, -0.1) is 0 Å². The molecular weight excluding hydrogens is 420 g/mol. The highest BCUT2D eigenvalue weighted by molar-refractivity contribution is 5.90. The van der Waals surface area contributed by atoms with Crippen molar-refractivity contribution in [2.45, 2.75) is 18.8 Å². The van der Waals surface area contributed by atoms with Gasteiger partial charge in [-0.3, -0.25) is 4.79 Å². The highest BCUT2D eigenvalue weighted by Gasteiger charge is 2.33. The second-order valence-corrected chi connectivity index (χ2v) is 7.87. The molecule has 0 amide bonds. The Morgan fingerprint density at radius 3 is 2.39 bits per heavy atom. The molecule has 0 radical (unpaired) electrons. The summed E-state index contributed by atoms with van der Waals surface area (Å²) in [6.45, 7) is 0.528. The Labute approximate surface area is 190 Å². The molecule has 1 aliphatic rings. The number of rotatable bonds is 6. The van der Waals surface area contributed by atoms with Crippen LogP contribution in [0.3, 0.4) is 0 Å². The van der Waals surface area contributed by atoms with E-state index < -0.39 is 11.5 Å². The molecule has 33 heavy (non-hydrogen) atoms. The highest BCUT2D eigenvalue weighted by atomic mass is 16.5. The number of carbonyl (C=O) groups excluding carboxylic acids is 1. The number of hydrogen-bond acceptors (Lipinski definition) is 6. The van der Waals surface area contributed by atoms with Crippen LogP contribution in [-0.4, -0.2) is 19.7 Å². The van der Waals surface area contributed by atoms with E-state index in [9.17, 15) is 9.59 Å². The molecule has 0 aliphatic carbocycles. The molecule has 5 rings (SSSR count). The van der Waals surface area contributed by atoms with Crippen LogP contribution in [0.25, 0.3) is 11.0 Å². The molecule has 0 N–H and O–H groups in total. The molecule has 0 bridgehead atoms. The summed E-state index contributed by atoms with van der Waals surface area (Å²) in [6, 6.07) is 22.4. The molecule has 0 unspecified atom stereocenters. The quantitative estimate of drug-likeness (QED) is 0.313. The summed E-state index contributed by atoms with van der Waals surface area (Å²) in [5.41, 5.74) is 2.28. The second-order valence-electron chi connectivity index (χ2n) is 7.87. The Morgan fingerprint density at radius 2 is 1.64 bits per heavy atom. The van der Waals surface area contributed by atoms with Gasteiger partial charge in [-0.1, -0.05) is 36.4 Å². The van der Waals surface area contributed by atoms with Gasteiger partial charge in [0.2, 0.25) is 0 Å². The highest BCUT2D eigenvalue weighted by Crippen LogP contribution is 2.40. The SMILES string of the molecule is COc1ccc(CCOc2ccc([C@H]3CC(=O)Oc4c3c(=O)oc3ccccc43)cc2)cc1. The number of ether oxygens (including phenoxy) is 3. The van der Waals surface area contributed by atoms with E-state index in [1.807, 2.05) is 54.6 Å². The van der Waals surface area contributed by atoms with Crippen LogP contribution >= 0.6 is 0 Å². The van der Waals surface area contributed by atoms with E-state index in [-0.39, 0.29) is 12.4 Å².